The summed E-state index contributed by atoms with van der Waals surface area (Å²) >= 11 is 0. The molecule has 0 N–H and O–H groups in total. The molecule has 0 unspecified atom stereocenters. The maximum atomic E-state index is 13.0. The average Bonchev–Trinajstić information content (AvgIpc) is 2.84. The van der Waals surface area contributed by atoms with Gasteiger partial charge in [-0.25, -0.2) is 8.42 Å². The van der Waals surface area contributed by atoms with E-state index in [9.17, 15) is 13.2 Å². The van der Waals surface area contributed by atoms with E-state index in [0.717, 1.165) is 38.8 Å². The fourth-order valence-electron chi connectivity index (χ4n) is 4.57. The summed E-state index contributed by atoms with van der Waals surface area (Å²) in [6, 6.07) is 16.7. The van der Waals surface area contributed by atoms with Crippen LogP contribution in [0.15, 0.2) is 59.5 Å². The molecule has 1 saturated carbocycles. The van der Waals surface area contributed by atoms with Gasteiger partial charge in [-0.15, -0.1) is 0 Å². The second kappa shape index (κ2) is 9.40. The molecule has 0 aromatic heterocycles. The van der Waals surface area contributed by atoms with E-state index in [1.54, 1.807) is 31.3 Å². The van der Waals surface area contributed by atoms with Crippen molar-refractivity contribution in [1.29, 1.82) is 0 Å². The highest BCUT2D eigenvalue weighted by molar-refractivity contribution is 7.89. The summed E-state index contributed by atoms with van der Waals surface area (Å²) in [6.45, 7) is 2.87. The van der Waals surface area contributed by atoms with Crippen molar-refractivity contribution < 1.29 is 13.2 Å². The number of amides is 1. The van der Waals surface area contributed by atoms with E-state index >= 15 is 0 Å². The zero-order valence-electron chi connectivity index (χ0n) is 18.1. The Hall–Kier alpha value is -2.38. The molecule has 0 spiro atoms. The zero-order chi connectivity index (χ0) is 21.8. The number of hydrogen-bond donors (Lipinski definition) is 0. The minimum Gasteiger partial charge on any atom is -0.368 e. The summed E-state index contributed by atoms with van der Waals surface area (Å²) in [5.74, 6) is -0.0442. The highest BCUT2D eigenvalue weighted by Crippen LogP contribution is 2.27. The van der Waals surface area contributed by atoms with E-state index in [2.05, 4.69) is 17.0 Å². The van der Waals surface area contributed by atoms with E-state index in [1.807, 2.05) is 23.1 Å². The van der Waals surface area contributed by atoms with Gasteiger partial charge in [0.25, 0.3) is 5.91 Å². The topological polar surface area (TPSA) is 60.9 Å². The third-order valence-corrected chi connectivity index (χ3v) is 8.48. The highest BCUT2D eigenvalue weighted by Gasteiger charge is 2.29. The molecule has 2 aromatic carbocycles. The maximum Gasteiger partial charge on any atom is 0.253 e. The largest absolute Gasteiger partial charge is 0.368 e. The Morgan fingerprint density at radius 1 is 0.871 bits per heavy atom. The van der Waals surface area contributed by atoms with Gasteiger partial charge in [-0.1, -0.05) is 37.5 Å². The van der Waals surface area contributed by atoms with Crippen LogP contribution in [0.2, 0.25) is 0 Å². The molecule has 1 saturated heterocycles. The lowest BCUT2D eigenvalue weighted by Crippen LogP contribution is -2.48. The van der Waals surface area contributed by atoms with Crippen molar-refractivity contribution in [3.63, 3.8) is 0 Å². The number of carbonyl (C=O) groups is 1. The molecule has 31 heavy (non-hydrogen) atoms. The van der Waals surface area contributed by atoms with Crippen LogP contribution in [-0.2, 0) is 10.0 Å². The van der Waals surface area contributed by atoms with Gasteiger partial charge in [0.2, 0.25) is 10.0 Å². The van der Waals surface area contributed by atoms with Crippen LogP contribution in [0.25, 0.3) is 0 Å². The normalized spacial score (nSPS) is 18.4. The van der Waals surface area contributed by atoms with E-state index in [4.69, 9.17) is 0 Å². The molecule has 0 radical (unpaired) electrons. The Bertz CT molecular complexity index is 978. The van der Waals surface area contributed by atoms with Crippen LogP contribution in [0.4, 0.5) is 5.69 Å². The summed E-state index contributed by atoms with van der Waals surface area (Å²) < 4.78 is 27.5. The SMILES string of the molecule is CN(C1CCCCC1)S(=O)(=O)c1ccc(C(=O)N2CCN(c3ccccc3)CC2)cc1. The Kier molecular flexibility index (Phi) is 6.62. The van der Waals surface area contributed by atoms with Gasteiger partial charge in [0.05, 0.1) is 4.90 Å². The Labute approximate surface area is 185 Å². The molecule has 1 aliphatic heterocycles. The summed E-state index contributed by atoms with van der Waals surface area (Å²) in [4.78, 5) is 17.3. The third-order valence-electron chi connectivity index (χ3n) is 6.56. The van der Waals surface area contributed by atoms with Crippen molar-refractivity contribution in [3.05, 3.63) is 60.2 Å². The number of rotatable bonds is 5. The summed E-state index contributed by atoms with van der Waals surface area (Å²) in [5, 5.41) is 0. The molecule has 6 nitrogen and oxygen atoms in total. The third kappa shape index (κ3) is 4.77. The first-order valence-corrected chi connectivity index (χ1v) is 12.6. The van der Waals surface area contributed by atoms with Crippen molar-refractivity contribution in [1.82, 2.24) is 9.21 Å². The molecule has 7 heteroatoms. The Balaban J connectivity index is 1.39. The quantitative estimate of drug-likeness (QED) is 0.711. The van der Waals surface area contributed by atoms with Crippen molar-refractivity contribution in [2.45, 2.75) is 43.0 Å². The van der Waals surface area contributed by atoms with Gasteiger partial charge in [-0.05, 0) is 49.2 Å². The maximum absolute atomic E-state index is 13.0. The van der Waals surface area contributed by atoms with Crippen molar-refractivity contribution in [2.75, 3.05) is 38.1 Å². The lowest BCUT2D eigenvalue weighted by atomic mass is 9.96. The van der Waals surface area contributed by atoms with E-state index in [0.29, 0.717) is 18.7 Å². The summed E-state index contributed by atoms with van der Waals surface area (Å²) in [5.41, 5.74) is 1.71. The van der Waals surface area contributed by atoms with Gasteiger partial charge in [0.1, 0.15) is 0 Å². The van der Waals surface area contributed by atoms with E-state index in [-0.39, 0.29) is 16.8 Å². The number of benzene rings is 2. The highest BCUT2D eigenvalue weighted by atomic mass is 32.2. The van der Waals surface area contributed by atoms with Crippen LogP contribution in [0.3, 0.4) is 0 Å². The predicted octanol–water partition coefficient (Wildman–Crippen LogP) is 3.60. The van der Waals surface area contributed by atoms with Crippen LogP contribution >= 0.6 is 0 Å². The monoisotopic (exact) mass is 441 g/mol. The molecule has 166 valence electrons. The predicted molar refractivity (Wildman–Crippen MR) is 123 cm³/mol. The lowest BCUT2D eigenvalue weighted by molar-refractivity contribution is 0.0746. The minimum absolute atomic E-state index is 0.0442. The number of carbonyl (C=O) groups excluding carboxylic acids is 1. The van der Waals surface area contributed by atoms with E-state index < -0.39 is 10.0 Å². The molecule has 1 heterocycles. The number of para-hydroxylation sites is 1. The number of anilines is 1. The number of hydrogen-bond acceptors (Lipinski definition) is 4. The molecular formula is C24H31N3O3S. The first-order valence-electron chi connectivity index (χ1n) is 11.1. The lowest BCUT2D eigenvalue weighted by Gasteiger charge is -2.36. The van der Waals surface area contributed by atoms with Gasteiger partial charge in [0.15, 0.2) is 0 Å². The fourth-order valence-corrected chi connectivity index (χ4v) is 5.98. The van der Waals surface area contributed by atoms with Crippen molar-refractivity contribution >= 4 is 21.6 Å². The van der Waals surface area contributed by atoms with Gasteiger partial charge in [-0.3, -0.25) is 4.79 Å². The Morgan fingerprint density at radius 3 is 2.10 bits per heavy atom. The molecule has 0 atom stereocenters. The van der Waals surface area contributed by atoms with Crippen LogP contribution in [-0.4, -0.2) is 62.8 Å². The fraction of sp³-hybridized carbons (Fsp3) is 0.458. The number of sulfonamides is 1. The first-order chi connectivity index (χ1) is 15.0. The molecule has 2 fully saturated rings. The molecule has 2 aromatic rings. The van der Waals surface area contributed by atoms with Gasteiger partial charge >= 0.3 is 0 Å². The number of nitrogens with zero attached hydrogens (tertiary/aromatic N) is 3. The molecule has 1 aliphatic carbocycles. The van der Waals surface area contributed by atoms with Crippen molar-refractivity contribution in [3.8, 4) is 0 Å². The molecule has 2 aliphatic rings. The second-order valence-electron chi connectivity index (χ2n) is 8.45. The van der Waals surface area contributed by atoms with Gasteiger partial charge in [-0.2, -0.15) is 4.31 Å². The number of piperazine rings is 1. The average molecular weight is 442 g/mol. The summed E-state index contributed by atoms with van der Waals surface area (Å²) in [7, 11) is -1.86. The standard InChI is InChI=1S/C24H31N3O3S/c1-25(21-8-4-2-5-9-21)31(29,30)23-14-12-20(13-15-23)24(28)27-18-16-26(17-19-27)22-10-6-3-7-11-22/h3,6-7,10-15,21H,2,4-5,8-9,16-19H2,1H3. The van der Waals surface area contributed by atoms with E-state index in [1.165, 1.54) is 16.4 Å². The minimum atomic E-state index is -3.54. The van der Waals surface area contributed by atoms with Gasteiger partial charge < -0.3 is 9.80 Å². The van der Waals surface area contributed by atoms with Crippen LogP contribution in [0.1, 0.15) is 42.5 Å². The smallest absolute Gasteiger partial charge is 0.253 e. The first kappa shape index (κ1) is 21.8. The zero-order valence-corrected chi connectivity index (χ0v) is 18.9. The second-order valence-corrected chi connectivity index (χ2v) is 10.4. The van der Waals surface area contributed by atoms with Crippen molar-refractivity contribution in [2.24, 2.45) is 0 Å². The van der Waals surface area contributed by atoms with Crippen LogP contribution in [0.5, 0.6) is 0 Å². The molecule has 1 amide bonds. The van der Waals surface area contributed by atoms with Crippen LogP contribution < -0.4 is 4.90 Å². The van der Waals surface area contributed by atoms with Crippen LogP contribution in [0, 0.1) is 0 Å². The Morgan fingerprint density at radius 2 is 1.48 bits per heavy atom. The molecule has 0 bridgehead atoms. The van der Waals surface area contributed by atoms with Gasteiger partial charge in [0, 0.05) is 50.5 Å². The molecular weight excluding hydrogens is 410 g/mol. The molecule has 4 rings (SSSR count). The summed E-state index contributed by atoms with van der Waals surface area (Å²) in [6.07, 6.45) is 5.17.